The number of carboxylic acid groups (broad SMARTS) is 1. The molecule has 1 aromatic rings. The van der Waals surface area contributed by atoms with Gasteiger partial charge in [0.15, 0.2) is 0 Å². The Morgan fingerprint density at radius 1 is 1.14 bits per heavy atom. The highest BCUT2D eigenvalue weighted by atomic mass is 16.5. The maximum absolute atomic E-state index is 12.1. The standard InChI is InChI=1S/C17H21NO4/c19-16(13-8-9-14(13)17(20)21)18-10-11-4-1-2-7-15(11)22-12-5-3-6-12/h1-2,4,7,12-14H,3,5-6,8-10H2,(H,18,19)(H,20,21). The molecule has 0 saturated heterocycles. The molecule has 22 heavy (non-hydrogen) atoms. The fraction of sp³-hybridized carbons (Fsp3) is 0.529. The summed E-state index contributed by atoms with van der Waals surface area (Å²) < 4.78 is 5.93. The van der Waals surface area contributed by atoms with E-state index in [4.69, 9.17) is 9.84 Å². The van der Waals surface area contributed by atoms with E-state index >= 15 is 0 Å². The number of ether oxygens (including phenoxy) is 1. The van der Waals surface area contributed by atoms with Gasteiger partial charge in [0.1, 0.15) is 5.75 Å². The number of carbonyl (C=O) groups is 2. The average molecular weight is 303 g/mol. The molecule has 2 aliphatic carbocycles. The van der Waals surface area contributed by atoms with Crippen LogP contribution in [0.25, 0.3) is 0 Å². The van der Waals surface area contributed by atoms with E-state index in [0.717, 1.165) is 24.2 Å². The molecule has 5 heteroatoms. The number of carboxylic acids is 1. The molecular weight excluding hydrogens is 282 g/mol. The summed E-state index contributed by atoms with van der Waals surface area (Å²) in [6.45, 7) is 0.380. The van der Waals surface area contributed by atoms with Gasteiger partial charge in [-0.2, -0.15) is 0 Å². The van der Waals surface area contributed by atoms with Gasteiger partial charge < -0.3 is 15.2 Å². The van der Waals surface area contributed by atoms with Crippen molar-refractivity contribution in [2.75, 3.05) is 0 Å². The fourth-order valence-corrected chi connectivity index (χ4v) is 2.86. The van der Waals surface area contributed by atoms with Crippen molar-refractivity contribution in [3.05, 3.63) is 29.8 Å². The van der Waals surface area contributed by atoms with Crippen molar-refractivity contribution < 1.29 is 19.4 Å². The summed E-state index contributed by atoms with van der Waals surface area (Å²) in [6, 6.07) is 7.69. The first-order chi connectivity index (χ1) is 10.6. The summed E-state index contributed by atoms with van der Waals surface area (Å²) in [5.41, 5.74) is 0.939. The molecule has 0 heterocycles. The molecule has 0 radical (unpaired) electrons. The number of hydrogen-bond acceptors (Lipinski definition) is 3. The number of rotatable bonds is 6. The van der Waals surface area contributed by atoms with Gasteiger partial charge in [0.25, 0.3) is 0 Å². The predicted molar refractivity (Wildman–Crippen MR) is 80.4 cm³/mol. The van der Waals surface area contributed by atoms with E-state index < -0.39 is 17.8 Å². The molecule has 2 unspecified atom stereocenters. The van der Waals surface area contributed by atoms with Crippen LogP contribution in [0.1, 0.15) is 37.7 Å². The first-order valence-electron chi connectivity index (χ1n) is 7.90. The second-order valence-corrected chi connectivity index (χ2v) is 6.12. The molecular formula is C17H21NO4. The van der Waals surface area contributed by atoms with Gasteiger partial charge in [-0.25, -0.2) is 0 Å². The zero-order valence-electron chi connectivity index (χ0n) is 12.5. The Balaban J connectivity index is 1.57. The van der Waals surface area contributed by atoms with E-state index in [-0.39, 0.29) is 5.91 Å². The van der Waals surface area contributed by atoms with Crippen molar-refractivity contribution in [1.82, 2.24) is 5.32 Å². The molecule has 0 bridgehead atoms. The lowest BCUT2D eigenvalue weighted by atomic mass is 9.73. The Labute approximate surface area is 129 Å². The highest BCUT2D eigenvalue weighted by Crippen LogP contribution is 2.34. The SMILES string of the molecule is O=C(O)C1CCC1C(=O)NCc1ccccc1OC1CCC1. The fourth-order valence-electron chi connectivity index (χ4n) is 2.86. The molecule has 0 spiro atoms. The van der Waals surface area contributed by atoms with Crippen molar-refractivity contribution >= 4 is 11.9 Å². The van der Waals surface area contributed by atoms with Gasteiger partial charge in [0.2, 0.25) is 5.91 Å². The minimum absolute atomic E-state index is 0.169. The molecule has 1 amide bonds. The molecule has 0 aromatic heterocycles. The lowest BCUT2D eigenvalue weighted by molar-refractivity contribution is -0.152. The third kappa shape index (κ3) is 3.08. The Bertz CT molecular complexity index is 568. The Morgan fingerprint density at radius 3 is 2.45 bits per heavy atom. The molecule has 2 fully saturated rings. The van der Waals surface area contributed by atoms with Gasteiger partial charge >= 0.3 is 5.97 Å². The molecule has 2 aliphatic rings. The maximum Gasteiger partial charge on any atom is 0.307 e. The Morgan fingerprint density at radius 2 is 1.86 bits per heavy atom. The number of amides is 1. The van der Waals surface area contributed by atoms with Gasteiger partial charge in [-0.3, -0.25) is 9.59 Å². The maximum atomic E-state index is 12.1. The van der Waals surface area contributed by atoms with E-state index in [1.54, 1.807) is 0 Å². The highest BCUT2D eigenvalue weighted by Gasteiger charge is 2.41. The van der Waals surface area contributed by atoms with Crippen LogP contribution in [0, 0.1) is 11.8 Å². The third-order valence-electron chi connectivity index (χ3n) is 4.70. The summed E-state index contributed by atoms with van der Waals surface area (Å²) >= 11 is 0. The van der Waals surface area contributed by atoms with E-state index in [2.05, 4.69) is 5.32 Å². The van der Waals surface area contributed by atoms with E-state index in [1.807, 2.05) is 24.3 Å². The molecule has 5 nitrogen and oxygen atoms in total. The highest BCUT2D eigenvalue weighted by molar-refractivity contribution is 5.86. The number of nitrogens with one attached hydrogen (secondary N) is 1. The van der Waals surface area contributed by atoms with Crippen molar-refractivity contribution in [3.8, 4) is 5.75 Å². The first-order valence-corrected chi connectivity index (χ1v) is 7.90. The molecule has 3 rings (SSSR count). The summed E-state index contributed by atoms with van der Waals surface area (Å²) in [5.74, 6) is -1.15. The number of carbonyl (C=O) groups excluding carboxylic acids is 1. The summed E-state index contributed by atoms with van der Waals surface area (Å²) in [4.78, 5) is 23.1. The van der Waals surface area contributed by atoms with E-state index in [1.165, 1.54) is 6.42 Å². The van der Waals surface area contributed by atoms with Crippen LogP contribution in [0.2, 0.25) is 0 Å². The number of aliphatic carboxylic acids is 1. The average Bonchev–Trinajstić information content (AvgIpc) is 2.39. The largest absolute Gasteiger partial charge is 0.490 e. The van der Waals surface area contributed by atoms with Gasteiger partial charge in [-0.1, -0.05) is 18.2 Å². The summed E-state index contributed by atoms with van der Waals surface area (Å²) in [6.07, 6.45) is 4.92. The van der Waals surface area contributed by atoms with Crippen LogP contribution in [0.5, 0.6) is 5.75 Å². The molecule has 118 valence electrons. The third-order valence-corrected chi connectivity index (χ3v) is 4.70. The quantitative estimate of drug-likeness (QED) is 0.846. The number of para-hydroxylation sites is 1. The topological polar surface area (TPSA) is 75.6 Å². The number of hydrogen-bond donors (Lipinski definition) is 2. The lowest BCUT2D eigenvalue weighted by Gasteiger charge is -2.32. The molecule has 0 aliphatic heterocycles. The molecule has 2 N–H and O–H groups in total. The van der Waals surface area contributed by atoms with Crippen LogP contribution < -0.4 is 10.1 Å². The lowest BCUT2D eigenvalue weighted by Crippen LogP contribution is -2.43. The van der Waals surface area contributed by atoms with Crippen LogP contribution in [-0.4, -0.2) is 23.1 Å². The second-order valence-electron chi connectivity index (χ2n) is 6.12. The normalized spacial score (nSPS) is 24.0. The van der Waals surface area contributed by atoms with Crippen LogP contribution in [0.4, 0.5) is 0 Å². The van der Waals surface area contributed by atoms with Crippen molar-refractivity contribution in [2.24, 2.45) is 11.8 Å². The Kier molecular flexibility index (Phi) is 4.32. The minimum Gasteiger partial charge on any atom is -0.490 e. The van der Waals surface area contributed by atoms with Crippen LogP contribution in [0.15, 0.2) is 24.3 Å². The van der Waals surface area contributed by atoms with Crippen molar-refractivity contribution in [1.29, 1.82) is 0 Å². The van der Waals surface area contributed by atoms with Crippen LogP contribution in [0.3, 0.4) is 0 Å². The van der Waals surface area contributed by atoms with Crippen molar-refractivity contribution in [3.63, 3.8) is 0 Å². The summed E-state index contributed by atoms with van der Waals surface area (Å²) in [7, 11) is 0. The smallest absolute Gasteiger partial charge is 0.307 e. The van der Waals surface area contributed by atoms with Gasteiger partial charge in [0.05, 0.1) is 17.9 Å². The first kappa shape index (κ1) is 14.9. The zero-order chi connectivity index (χ0) is 15.5. The predicted octanol–water partition coefficient (Wildman–Crippen LogP) is 2.34. The Hall–Kier alpha value is -2.04. The minimum atomic E-state index is -0.875. The second kappa shape index (κ2) is 6.38. The van der Waals surface area contributed by atoms with Gasteiger partial charge in [0, 0.05) is 12.1 Å². The monoisotopic (exact) mass is 303 g/mol. The van der Waals surface area contributed by atoms with E-state index in [9.17, 15) is 9.59 Å². The molecule has 2 atom stereocenters. The van der Waals surface area contributed by atoms with Gasteiger partial charge in [-0.05, 0) is 38.2 Å². The zero-order valence-corrected chi connectivity index (χ0v) is 12.5. The van der Waals surface area contributed by atoms with Crippen LogP contribution >= 0.6 is 0 Å². The van der Waals surface area contributed by atoms with Crippen molar-refractivity contribution in [2.45, 2.75) is 44.8 Å². The van der Waals surface area contributed by atoms with Gasteiger partial charge in [-0.15, -0.1) is 0 Å². The molecule has 1 aromatic carbocycles. The summed E-state index contributed by atoms with van der Waals surface area (Å²) in [5, 5.41) is 11.9. The number of benzene rings is 1. The van der Waals surface area contributed by atoms with E-state index in [0.29, 0.717) is 25.5 Å². The molecule has 2 saturated carbocycles. The van der Waals surface area contributed by atoms with Crippen LogP contribution in [-0.2, 0) is 16.1 Å².